The van der Waals surface area contributed by atoms with E-state index in [0.717, 1.165) is 12.3 Å². The highest BCUT2D eigenvalue weighted by Crippen LogP contribution is 2.22. The van der Waals surface area contributed by atoms with Crippen LogP contribution < -0.4 is 5.32 Å². The van der Waals surface area contributed by atoms with Gasteiger partial charge in [0.15, 0.2) is 5.57 Å². The number of anilines is 1. The van der Waals surface area contributed by atoms with E-state index in [1.54, 1.807) is 13.0 Å². The normalized spacial score (nSPS) is 10.7. The van der Waals surface area contributed by atoms with Crippen LogP contribution in [-0.4, -0.2) is 12.6 Å². The van der Waals surface area contributed by atoms with Crippen LogP contribution in [0.2, 0.25) is 5.02 Å². The standard InChI is InChI=1S/C12H10ClFN2O2/c1-2-18-12(17)8(6-15)7-16-11-4-3-9(14)5-10(11)13/h3-5,7,16H,2H2,1H3. The summed E-state index contributed by atoms with van der Waals surface area (Å²) in [6.45, 7) is 1.81. The number of ether oxygens (including phenoxy) is 1. The second-order valence-corrected chi connectivity index (χ2v) is 3.57. The zero-order chi connectivity index (χ0) is 13.5. The van der Waals surface area contributed by atoms with Gasteiger partial charge in [0.25, 0.3) is 0 Å². The molecule has 0 aliphatic heterocycles. The summed E-state index contributed by atoms with van der Waals surface area (Å²) in [4.78, 5) is 11.3. The fourth-order valence-electron chi connectivity index (χ4n) is 1.10. The van der Waals surface area contributed by atoms with Crippen molar-refractivity contribution in [2.24, 2.45) is 0 Å². The van der Waals surface area contributed by atoms with Gasteiger partial charge in [-0.15, -0.1) is 0 Å². The molecule has 0 fully saturated rings. The molecular weight excluding hydrogens is 259 g/mol. The lowest BCUT2D eigenvalue weighted by atomic mass is 10.3. The summed E-state index contributed by atoms with van der Waals surface area (Å²) in [5.74, 6) is -1.20. The Kier molecular flexibility index (Phi) is 5.15. The molecule has 0 heterocycles. The molecule has 18 heavy (non-hydrogen) atoms. The quantitative estimate of drug-likeness (QED) is 0.518. The van der Waals surface area contributed by atoms with Crippen molar-refractivity contribution in [3.05, 3.63) is 40.8 Å². The van der Waals surface area contributed by atoms with Crippen molar-refractivity contribution in [1.82, 2.24) is 0 Å². The number of benzene rings is 1. The topological polar surface area (TPSA) is 62.1 Å². The molecule has 1 rings (SSSR count). The van der Waals surface area contributed by atoms with Crippen LogP contribution in [-0.2, 0) is 9.53 Å². The minimum absolute atomic E-state index is 0.146. The van der Waals surface area contributed by atoms with Gasteiger partial charge in [0.1, 0.15) is 11.9 Å². The Morgan fingerprint density at radius 1 is 1.67 bits per heavy atom. The number of carbonyl (C=O) groups is 1. The molecule has 0 aromatic heterocycles. The van der Waals surface area contributed by atoms with Crippen molar-refractivity contribution in [2.45, 2.75) is 6.92 Å². The lowest BCUT2D eigenvalue weighted by Crippen LogP contribution is -2.08. The van der Waals surface area contributed by atoms with Crippen LogP contribution in [0, 0.1) is 17.1 Å². The number of esters is 1. The number of rotatable bonds is 4. The molecule has 1 N–H and O–H groups in total. The van der Waals surface area contributed by atoms with E-state index in [0.29, 0.717) is 5.69 Å². The predicted molar refractivity (Wildman–Crippen MR) is 65.4 cm³/mol. The maximum absolute atomic E-state index is 12.8. The Bertz CT molecular complexity index is 523. The van der Waals surface area contributed by atoms with Crippen molar-refractivity contribution in [1.29, 1.82) is 5.26 Å². The molecule has 0 bridgehead atoms. The van der Waals surface area contributed by atoms with Gasteiger partial charge in [0.05, 0.1) is 17.3 Å². The third-order valence-electron chi connectivity index (χ3n) is 1.92. The van der Waals surface area contributed by atoms with Crippen LogP contribution >= 0.6 is 11.6 Å². The third kappa shape index (κ3) is 3.75. The molecular formula is C12H10ClFN2O2. The lowest BCUT2D eigenvalue weighted by Gasteiger charge is -2.04. The highest BCUT2D eigenvalue weighted by atomic mass is 35.5. The summed E-state index contributed by atoms with van der Waals surface area (Å²) >= 11 is 5.77. The van der Waals surface area contributed by atoms with E-state index in [1.807, 2.05) is 0 Å². The zero-order valence-corrected chi connectivity index (χ0v) is 10.3. The van der Waals surface area contributed by atoms with Gasteiger partial charge >= 0.3 is 5.97 Å². The number of nitriles is 1. The Balaban J connectivity index is 2.84. The first-order chi connectivity index (χ1) is 8.58. The van der Waals surface area contributed by atoms with Crippen LogP contribution in [0.5, 0.6) is 0 Å². The van der Waals surface area contributed by atoms with E-state index in [1.165, 1.54) is 12.1 Å². The average Bonchev–Trinajstić information content (AvgIpc) is 2.32. The van der Waals surface area contributed by atoms with E-state index < -0.39 is 11.8 Å². The number of hydrogen-bond acceptors (Lipinski definition) is 4. The van der Waals surface area contributed by atoms with Crippen molar-refractivity contribution in [2.75, 3.05) is 11.9 Å². The number of carbonyl (C=O) groups excluding carboxylic acids is 1. The van der Waals surface area contributed by atoms with Crippen molar-refractivity contribution in [3.63, 3.8) is 0 Å². The fraction of sp³-hybridized carbons (Fsp3) is 0.167. The van der Waals surface area contributed by atoms with Crippen LogP contribution in [0.25, 0.3) is 0 Å². The van der Waals surface area contributed by atoms with Gasteiger partial charge in [-0.25, -0.2) is 9.18 Å². The molecule has 4 nitrogen and oxygen atoms in total. The molecule has 0 aliphatic carbocycles. The summed E-state index contributed by atoms with van der Waals surface area (Å²) in [6, 6.07) is 5.42. The van der Waals surface area contributed by atoms with Crippen LogP contribution in [0.15, 0.2) is 30.0 Å². The van der Waals surface area contributed by atoms with Gasteiger partial charge in [-0.2, -0.15) is 5.26 Å². The number of nitrogens with zero attached hydrogens (tertiary/aromatic N) is 1. The number of nitrogens with one attached hydrogen (secondary N) is 1. The minimum Gasteiger partial charge on any atom is -0.462 e. The molecule has 0 saturated carbocycles. The zero-order valence-electron chi connectivity index (χ0n) is 9.54. The number of halogens is 2. The molecule has 0 amide bonds. The fourth-order valence-corrected chi connectivity index (χ4v) is 1.32. The first kappa shape index (κ1) is 14.0. The van der Waals surface area contributed by atoms with Gasteiger partial charge in [0, 0.05) is 6.20 Å². The second kappa shape index (κ2) is 6.62. The lowest BCUT2D eigenvalue weighted by molar-refractivity contribution is -0.138. The largest absolute Gasteiger partial charge is 0.462 e. The average molecular weight is 269 g/mol. The molecule has 0 spiro atoms. The highest BCUT2D eigenvalue weighted by Gasteiger charge is 2.09. The van der Waals surface area contributed by atoms with Gasteiger partial charge in [-0.1, -0.05) is 11.6 Å². The van der Waals surface area contributed by atoms with Gasteiger partial charge < -0.3 is 10.1 Å². The van der Waals surface area contributed by atoms with E-state index in [9.17, 15) is 9.18 Å². The molecule has 94 valence electrons. The maximum atomic E-state index is 12.8. The molecule has 0 unspecified atom stereocenters. The Morgan fingerprint density at radius 3 is 2.94 bits per heavy atom. The maximum Gasteiger partial charge on any atom is 0.350 e. The SMILES string of the molecule is CCOC(=O)C(C#N)=CNc1ccc(F)cc1Cl. The highest BCUT2D eigenvalue weighted by molar-refractivity contribution is 6.33. The van der Waals surface area contributed by atoms with Crippen molar-refractivity contribution >= 4 is 23.3 Å². The van der Waals surface area contributed by atoms with E-state index in [4.69, 9.17) is 16.9 Å². The predicted octanol–water partition coefficient (Wildman–Crippen LogP) is 2.86. The monoisotopic (exact) mass is 268 g/mol. The van der Waals surface area contributed by atoms with Crippen LogP contribution in [0.4, 0.5) is 10.1 Å². The Hall–Kier alpha value is -2.06. The molecule has 0 aliphatic rings. The first-order valence-corrected chi connectivity index (χ1v) is 5.45. The van der Waals surface area contributed by atoms with Crippen molar-refractivity contribution < 1.29 is 13.9 Å². The molecule has 0 atom stereocenters. The van der Waals surface area contributed by atoms with Crippen LogP contribution in [0.1, 0.15) is 6.92 Å². The summed E-state index contributed by atoms with van der Waals surface area (Å²) < 4.78 is 17.5. The van der Waals surface area contributed by atoms with Crippen molar-refractivity contribution in [3.8, 4) is 6.07 Å². The summed E-state index contributed by atoms with van der Waals surface area (Å²) in [6.07, 6.45) is 1.16. The Morgan fingerprint density at radius 2 is 2.39 bits per heavy atom. The van der Waals surface area contributed by atoms with E-state index in [2.05, 4.69) is 10.1 Å². The number of hydrogen-bond donors (Lipinski definition) is 1. The van der Waals surface area contributed by atoms with Gasteiger partial charge in [-0.05, 0) is 25.1 Å². The van der Waals surface area contributed by atoms with Crippen LogP contribution in [0.3, 0.4) is 0 Å². The van der Waals surface area contributed by atoms with Gasteiger partial charge in [-0.3, -0.25) is 0 Å². The first-order valence-electron chi connectivity index (χ1n) is 5.07. The summed E-state index contributed by atoms with van der Waals surface area (Å²) in [7, 11) is 0. The second-order valence-electron chi connectivity index (χ2n) is 3.16. The molecule has 1 aromatic carbocycles. The van der Waals surface area contributed by atoms with Gasteiger partial charge in [0.2, 0.25) is 0 Å². The smallest absolute Gasteiger partial charge is 0.350 e. The Labute approximate surface area is 109 Å². The molecule has 1 aromatic rings. The van der Waals surface area contributed by atoms with E-state index >= 15 is 0 Å². The summed E-state index contributed by atoms with van der Waals surface area (Å²) in [5, 5.41) is 11.6. The molecule has 0 radical (unpaired) electrons. The third-order valence-corrected chi connectivity index (χ3v) is 2.23. The van der Waals surface area contributed by atoms with E-state index in [-0.39, 0.29) is 17.2 Å². The summed E-state index contributed by atoms with van der Waals surface area (Å²) in [5.41, 5.74) is 0.187. The minimum atomic E-state index is -0.731. The molecule has 0 saturated heterocycles. The molecule has 6 heteroatoms.